The third-order valence-electron chi connectivity index (χ3n) is 6.56. The highest BCUT2D eigenvalue weighted by Gasteiger charge is 2.20. The van der Waals surface area contributed by atoms with Crippen molar-refractivity contribution in [3.05, 3.63) is 0 Å². The minimum atomic E-state index is -0.826. The monoisotopic (exact) mass is 438 g/mol. The van der Waals surface area contributed by atoms with Crippen LogP contribution in [0.4, 0.5) is 0 Å². The Morgan fingerprint density at radius 1 is 0.548 bits per heavy atom. The quantitative estimate of drug-likeness (QED) is 0.144. The molecule has 0 aromatic heterocycles. The van der Waals surface area contributed by atoms with Crippen molar-refractivity contribution in [1.82, 2.24) is 0 Å². The molecule has 0 spiro atoms. The molecule has 1 N–H and O–H groups in total. The number of carboxylic acid groups (broad SMARTS) is 1. The molecule has 0 fully saturated rings. The number of carbonyl (C=O) groups excluding carboxylic acids is 1. The molecule has 0 radical (unpaired) electrons. The molecule has 0 aliphatic carbocycles. The molecule has 0 aliphatic rings. The average Bonchev–Trinajstić information content (AvgIpc) is 2.75. The summed E-state index contributed by atoms with van der Waals surface area (Å²) in [4.78, 5) is 23.7. The van der Waals surface area contributed by atoms with Crippen LogP contribution in [0.25, 0.3) is 0 Å². The summed E-state index contributed by atoms with van der Waals surface area (Å²) in [6, 6.07) is 0. The van der Waals surface area contributed by atoms with Gasteiger partial charge in [0, 0.05) is 12.3 Å². The van der Waals surface area contributed by atoms with E-state index in [0.29, 0.717) is 6.42 Å². The van der Waals surface area contributed by atoms with E-state index >= 15 is 0 Å². The lowest BCUT2D eigenvalue weighted by Crippen LogP contribution is -2.18. The Balaban J connectivity index is 3.74. The molecule has 0 bridgehead atoms. The summed E-state index contributed by atoms with van der Waals surface area (Å²) in [5.74, 6) is -0.892. The van der Waals surface area contributed by atoms with E-state index in [1.54, 1.807) is 0 Å². The molecule has 0 aromatic rings. The third-order valence-corrected chi connectivity index (χ3v) is 6.56. The molecule has 184 valence electrons. The van der Waals surface area contributed by atoms with Gasteiger partial charge in [-0.1, -0.05) is 136 Å². The number of carbonyl (C=O) groups is 2. The van der Waals surface area contributed by atoms with Crippen molar-refractivity contribution in [3.63, 3.8) is 0 Å². The van der Waals surface area contributed by atoms with Gasteiger partial charge in [0.2, 0.25) is 0 Å². The number of hydrogen-bond acceptors (Lipinski definition) is 2. The molecule has 0 unspecified atom stereocenters. The van der Waals surface area contributed by atoms with Gasteiger partial charge < -0.3 is 5.11 Å². The van der Waals surface area contributed by atoms with Crippen LogP contribution in [0, 0.1) is 5.92 Å². The molecule has 3 nitrogen and oxygen atoms in total. The highest BCUT2D eigenvalue weighted by molar-refractivity contribution is 5.84. The van der Waals surface area contributed by atoms with E-state index in [2.05, 4.69) is 13.8 Å². The maximum Gasteiger partial charge on any atom is 0.304 e. The van der Waals surface area contributed by atoms with Gasteiger partial charge in [0.05, 0.1) is 6.42 Å². The first-order valence-electron chi connectivity index (χ1n) is 13.9. The molecule has 31 heavy (non-hydrogen) atoms. The number of Topliss-reactive ketones (excluding diaryl/α,β-unsaturated/α-hetero) is 1. The van der Waals surface area contributed by atoms with Gasteiger partial charge in [-0.2, -0.15) is 0 Å². The summed E-state index contributed by atoms with van der Waals surface area (Å²) in [7, 11) is 0. The summed E-state index contributed by atoms with van der Waals surface area (Å²) >= 11 is 0. The largest absolute Gasteiger partial charge is 0.481 e. The molecule has 3 heteroatoms. The van der Waals surface area contributed by atoms with E-state index < -0.39 is 5.97 Å². The second kappa shape index (κ2) is 23.8. The number of ketones is 1. The minimum absolute atomic E-state index is 0.0217. The van der Waals surface area contributed by atoms with Crippen LogP contribution >= 0.6 is 0 Å². The van der Waals surface area contributed by atoms with Crippen molar-refractivity contribution in [3.8, 4) is 0 Å². The first kappa shape index (κ1) is 30.1. The number of unbranched alkanes of at least 4 members (excludes halogenated alkanes) is 18. The van der Waals surface area contributed by atoms with Crippen molar-refractivity contribution >= 4 is 11.8 Å². The van der Waals surface area contributed by atoms with E-state index in [9.17, 15) is 14.7 Å². The van der Waals surface area contributed by atoms with Gasteiger partial charge in [-0.15, -0.1) is 0 Å². The van der Waals surface area contributed by atoms with Gasteiger partial charge in [-0.25, -0.2) is 0 Å². The van der Waals surface area contributed by atoms with Gasteiger partial charge in [0.15, 0.2) is 0 Å². The van der Waals surface area contributed by atoms with Crippen LogP contribution in [0.3, 0.4) is 0 Å². The molecule has 0 rings (SSSR count). The molecule has 0 saturated carbocycles. The van der Waals surface area contributed by atoms with E-state index in [0.717, 1.165) is 32.1 Å². The van der Waals surface area contributed by atoms with Crippen molar-refractivity contribution in [2.45, 2.75) is 162 Å². The zero-order chi connectivity index (χ0) is 23.0. The van der Waals surface area contributed by atoms with Crippen LogP contribution in [-0.4, -0.2) is 16.9 Å². The summed E-state index contributed by atoms with van der Waals surface area (Å²) < 4.78 is 0. The zero-order valence-electron chi connectivity index (χ0n) is 21.1. The normalized spacial score (nSPS) is 12.2. The van der Waals surface area contributed by atoms with Crippen LogP contribution in [0.1, 0.15) is 162 Å². The molecule has 1 atom stereocenters. The highest BCUT2D eigenvalue weighted by Crippen LogP contribution is 2.20. The number of hydrogen-bond donors (Lipinski definition) is 1. The first-order chi connectivity index (χ1) is 15.1. The second-order valence-electron chi connectivity index (χ2n) is 9.66. The maximum absolute atomic E-state index is 12.5. The van der Waals surface area contributed by atoms with Gasteiger partial charge in [-0.05, 0) is 12.8 Å². The lowest BCUT2D eigenvalue weighted by atomic mass is 9.90. The van der Waals surface area contributed by atoms with E-state index in [1.807, 2.05) is 0 Å². The lowest BCUT2D eigenvalue weighted by molar-refractivity contribution is -0.140. The van der Waals surface area contributed by atoms with Crippen molar-refractivity contribution < 1.29 is 14.7 Å². The Labute approximate surface area is 194 Å². The van der Waals surface area contributed by atoms with Crippen LogP contribution in [-0.2, 0) is 9.59 Å². The fourth-order valence-electron chi connectivity index (χ4n) is 4.46. The molecule has 0 aromatic carbocycles. The van der Waals surface area contributed by atoms with Crippen molar-refractivity contribution in [1.29, 1.82) is 0 Å². The number of rotatable bonds is 25. The summed E-state index contributed by atoms with van der Waals surface area (Å²) in [6.45, 7) is 4.50. The fraction of sp³-hybridized carbons (Fsp3) is 0.929. The predicted octanol–water partition coefficient (Wildman–Crippen LogP) is 9.27. The molecule has 0 saturated heterocycles. The van der Waals surface area contributed by atoms with Crippen molar-refractivity contribution in [2.75, 3.05) is 0 Å². The average molecular weight is 439 g/mol. The number of carboxylic acids is 1. The molecular formula is C28H54O3. The topological polar surface area (TPSA) is 54.4 Å². The Kier molecular flexibility index (Phi) is 23.1. The van der Waals surface area contributed by atoms with E-state index in [-0.39, 0.29) is 18.1 Å². The van der Waals surface area contributed by atoms with E-state index in [1.165, 1.54) is 103 Å². The Hall–Kier alpha value is -0.860. The standard InChI is InChI=1S/C28H54O3/c1-3-5-7-9-11-13-14-16-18-20-22-24-27(29)26(25-28(30)31)23-21-19-17-15-12-10-8-6-4-2/h26H,3-25H2,1-2H3,(H,30,31)/t26-/m1/s1. The van der Waals surface area contributed by atoms with Crippen LogP contribution in [0.5, 0.6) is 0 Å². The highest BCUT2D eigenvalue weighted by atomic mass is 16.4. The molecular weight excluding hydrogens is 384 g/mol. The smallest absolute Gasteiger partial charge is 0.304 e. The fourth-order valence-corrected chi connectivity index (χ4v) is 4.46. The Morgan fingerprint density at radius 3 is 1.29 bits per heavy atom. The predicted molar refractivity (Wildman–Crippen MR) is 134 cm³/mol. The van der Waals surface area contributed by atoms with Gasteiger partial charge in [0.25, 0.3) is 0 Å². The molecule has 0 heterocycles. The SMILES string of the molecule is CCCCCCCCCCCCCC(=O)[C@H](CCCCCCCCCCC)CC(=O)O. The summed E-state index contributed by atoms with van der Waals surface area (Å²) in [5, 5.41) is 9.18. The van der Waals surface area contributed by atoms with Gasteiger partial charge in [-0.3, -0.25) is 9.59 Å². The van der Waals surface area contributed by atoms with Crippen LogP contribution in [0.15, 0.2) is 0 Å². The first-order valence-corrected chi connectivity index (χ1v) is 13.9. The van der Waals surface area contributed by atoms with Gasteiger partial charge >= 0.3 is 5.97 Å². The van der Waals surface area contributed by atoms with Gasteiger partial charge in [0.1, 0.15) is 5.78 Å². The Bertz CT molecular complexity index is 405. The van der Waals surface area contributed by atoms with E-state index in [4.69, 9.17) is 0 Å². The number of aliphatic carboxylic acids is 1. The molecule has 0 amide bonds. The summed E-state index contributed by atoms with van der Waals surface area (Å²) in [6.07, 6.45) is 26.7. The lowest BCUT2D eigenvalue weighted by Gasteiger charge is -2.14. The maximum atomic E-state index is 12.5. The van der Waals surface area contributed by atoms with Crippen LogP contribution < -0.4 is 0 Å². The Morgan fingerprint density at radius 2 is 0.903 bits per heavy atom. The minimum Gasteiger partial charge on any atom is -0.481 e. The van der Waals surface area contributed by atoms with Crippen molar-refractivity contribution in [2.24, 2.45) is 5.92 Å². The zero-order valence-corrected chi connectivity index (χ0v) is 21.1. The summed E-state index contributed by atoms with van der Waals surface area (Å²) in [5.41, 5.74) is 0. The molecule has 0 aliphatic heterocycles. The van der Waals surface area contributed by atoms with Crippen LogP contribution in [0.2, 0.25) is 0 Å². The second-order valence-corrected chi connectivity index (χ2v) is 9.66. The third kappa shape index (κ3) is 22.1.